The molecule has 0 bridgehead atoms. The zero-order chi connectivity index (χ0) is 19.3. The molecule has 0 spiro atoms. The third kappa shape index (κ3) is 3.26. The van der Waals surface area contributed by atoms with E-state index in [-0.39, 0.29) is 15.8 Å². The summed E-state index contributed by atoms with van der Waals surface area (Å²) in [6, 6.07) is 3.86. The van der Waals surface area contributed by atoms with Gasteiger partial charge in [-0.2, -0.15) is 18.2 Å². The van der Waals surface area contributed by atoms with Gasteiger partial charge in [-0.25, -0.2) is 22.3 Å². The van der Waals surface area contributed by atoms with Gasteiger partial charge in [0.25, 0.3) is 15.6 Å². The van der Waals surface area contributed by atoms with E-state index in [4.69, 9.17) is 0 Å². The van der Waals surface area contributed by atoms with Crippen LogP contribution < -0.4 is 0 Å². The predicted molar refractivity (Wildman–Crippen MR) is 84.0 cm³/mol. The standard InChI is InChI=1S/C14H10F4N4O2S2/c1-7-5-8(2)22-12(19-7)20-13(21-22)25-10-4-3-9(15)6-11(10)26(23,24)14(16,17)18/h3-6H,1-2H3. The first kappa shape index (κ1) is 18.6. The largest absolute Gasteiger partial charge is 0.501 e. The molecule has 138 valence electrons. The van der Waals surface area contributed by atoms with Gasteiger partial charge in [0.15, 0.2) is 0 Å². The molecule has 2 heterocycles. The van der Waals surface area contributed by atoms with E-state index in [0.717, 1.165) is 12.1 Å². The Labute approximate surface area is 149 Å². The highest BCUT2D eigenvalue weighted by molar-refractivity contribution is 8.00. The number of hydrogen-bond donors (Lipinski definition) is 0. The van der Waals surface area contributed by atoms with E-state index in [9.17, 15) is 26.0 Å². The maximum atomic E-state index is 13.4. The van der Waals surface area contributed by atoms with Crippen LogP contribution in [-0.2, 0) is 9.84 Å². The molecular formula is C14H10F4N4O2S2. The van der Waals surface area contributed by atoms with Crippen molar-refractivity contribution in [1.29, 1.82) is 0 Å². The maximum Gasteiger partial charge on any atom is 0.501 e. The van der Waals surface area contributed by atoms with Crippen LogP contribution in [0.1, 0.15) is 11.4 Å². The molecular weight excluding hydrogens is 396 g/mol. The van der Waals surface area contributed by atoms with Crippen molar-refractivity contribution in [2.45, 2.75) is 34.3 Å². The van der Waals surface area contributed by atoms with Crippen LogP contribution in [0.3, 0.4) is 0 Å². The molecule has 0 amide bonds. The summed E-state index contributed by atoms with van der Waals surface area (Å²) in [5, 5.41) is 4.08. The summed E-state index contributed by atoms with van der Waals surface area (Å²) in [6.45, 7) is 3.48. The second-order valence-electron chi connectivity index (χ2n) is 5.29. The minimum Gasteiger partial charge on any atom is -0.216 e. The van der Waals surface area contributed by atoms with Crippen molar-refractivity contribution in [1.82, 2.24) is 19.6 Å². The summed E-state index contributed by atoms with van der Waals surface area (Å²) in [4.78, 5) is 6.69. The van der Waals surface area contributed by atoms with Crippen LogP contribution in [0.15, 0.2) is 39.2 Å². The summed E-state index contributed by atoms with van der Waals surface area (Å²) in [5.41, 5.74) is -4.20. The molecule has 0 unspecified atom stereocenters. The third-order valence-corrected chi connectivity index (χ3v) is 5.89. The van der Waals surface area contributed by atoms with Gasteiger partial charge in [-0.05, 0) is 49.9 Å². The lowest BCUT2D eigenvalue weighted by Gasteiger charge is -2.11. The van der Waals surface area contributed by atoms with Gasteiger partial charge < -0.3 is 0 Å². The molecule has 3 rings (SSSR count). The van der Waals surface area contributed by atoms with Gasteiger partial charge in [-0.15, -0.1) is 5.10 Å². The van der Waals surface area contributed by atoms with Crippen LogP contribution in [0.5, 0.6) is 0 Å². The molecule has 0 aliphatic rings. The Hall–Kier alpha value is -2.21. The molecule has 12 heteroatoms. The highest BCUT2D eigenvalue weighted by atomic mass is 32.2. The highest BCUT2D eigenvalue weighted by Gasteiger charge is 2.48. The van der Waals surface area contributed by atoms with Crippen LogP contribution in [0.25, 0.3) is 5.78 Å². The number of hydrogen-bond acceptors (Lipinski definition) is 6. The Morgan fingerprint density at radius 1 is 1.12 bits per heavy atom. The molecule has 0 aliphatic heterocycles. The number of aryl methyl sites for hydroxylation is 2. The summed E-state index contributed by atoms with van der Waals surface area (Å²) < 4.78 is 76.8. The Morgan fingerprint density at radius 2 is 1.81 bits per heavy atom. The van der Waals surface area contributed by atoms with Gasteiger partial charge in [-0.3, -0.25) is 0 Å². The SMILES string of the molecule is Cc1cc(C)n2nc(Sc3ccc(F)cc3S(=O)(=O)C(F)(F)F)nc2n1. The second-order valence-corrected chi connectivity index (χ2v) is 8.21. The quantitative estimate of drug-likeness (QED) is 0.621. The van der Waals surface area contributed by atoms with Crippen molar-refractivity contribution in [3.05, 3.63) is 41.5 Å². The molecule has 0 aliphatic carbocycles. The summed E-state index contributed by atoms with van der Waals surface area (Å²) in [7, 11) is -5.73. The molecule has 0 radical (unpaired) electrons. The van der Waals surface area contributed by atoms with Gasteiger partial charge in [-0.1, -0.05) is 0 Å². The first-order valence-electron chi connectivity index (χ1n) is 6.99. The molecule has 0 fully saturated rings. The fraction of sp³-hybridized carbons (Fsp3) is 0.214. The average Bonchev–Trinajstić information content (AvgIpc) is 2.90. The van der Waals surface area contributed by atoms with E-state index in [1.165, 1.54) is 4.52 Å². The fourth-order valence-corrected chi connectivity index (χ4v) is 4.24. The van der Waals surface area contributed by atoms with Crippen LogP contribution in [-0.4, -0.2) is 33.5 Å². The highest BCUT2D eigenvalue weighted by Crippen LogP contribution is 2.38. The van der Waals surface area contributed by atoms with Crippen molar-refractivity contribution in [2.24, 2.45) is 0 Å². The minimum atomic E-state index is -5.73. The first-order valence-corrected chi connectivity index (χ1v) is 9.29. The van der Waals surface area contributed by atoms with Gasteiger partial charge in [0.2, 0.25) is 5.16 Å². The summed E-state index contributed by atoms with van der Waals surface area (Å²) in [6.07, 6.45) is 0. The van der Waals surface area contributed by atoms with E-state index >= 15 is 0 Å². The fourth-order valence-electron chi connectivity index (χ4n) is 2.19. The van der Waals surface area contributed by atoms with Crippen LogP contribution in [0.2, 0.25) is 0 Å². The number of halogens is 4. The number of alkyl halides is 3. The molecule has 0 atom stereocenters. The van der Waals surface area contributed by atoms with Crippen LogP contribution >= 0.6 is 11.8 Å². The lowest BCUT2D eigenvalue weighted by Crippen LogP contribution is -2.24. The molecule has 0 saturated carbocycles. The Bertz CT molecular complexity index is 1110. The minimum absolute atomic E-state index is 0.0172. The topological polar surface area (TPSA) is 77.2 Å². The molecule has 0 saturated heterocycles. The van der Waals surface area contributed by atoms with E-state index < -0.39 is 26.1 Å². The molecule has 26 heavy (non-hydrogen) atoms. The molecule has 1 aromatic carbocycles. The van der Waals surface area contributed by atoms with Crippen molar-refractivity contribution >= 4 is 27.4 Å². The molecule has 2 aromatic heterocycles. The second kappa shape index (κ2) is 6.20. The molecule has 6 nitrogen and oxygen atoms in total. The van der Waals surface area contributed by atoms with E-state index in [1.54, 1.807) is 19.9 Å². The van der Waals surface area contributed by atoms with Crippen molar-refractivity contribution in [3.8, 4) is 0 Å². The maximum absolute atomic E-state index is 13.4. The smallest absolute Gasteiger partial charge is 0.216 e. The van der Waals surface area contributed by atoms with Gasteiger partial charge in [0.1, 0.15) is 5.82 Å². The van der Waals surface area contributed by atoms with Crippen molar-refractivity contribution in [3.63, 3.8) is 0 Å². The average molecular weight is 406 g/mol. The summed E-state index contributed by atoms with van der Waals surface area (Å²) in [5.74, 6) is -0.888. The molecule has 0 N–H and O–H groups in total. The van der Waals surface area contributed by atoms with Crippen molar-refractivity contribution < 1.29 is 26.0 Å². The van der Waals surface area contributed by atoms with Crippen molar-refractivity contribution in [2.75, 3.05) is 0 Å². The van der Waals surface area contributed by atoms with Gasteiger partial charge in [0, 0.05) is 16.3 Å². The molecule has 3 aromatic rings. The lowest BCUT2D eigenvalue weighted by molar-refractivity contribution is -0.0437. The monoisotopic (exact) mass is 406 g/mol. The van der Waals surface area contributed by atoms with Crippen LogP contribution in [0.4, 0.5) is 17.6 Å². The number of fused-ring (bicyclic) bond motifs is 1. The zero-order valence-corrected chi connectivity index (χ0v) is 14.9. The Morgan fingerprint density at radius 3 is 2.46 bits per heavy atom. The first-order chi connectivity index (χ1) is 12.0. The van der Waals surface area contributed by atoms with Gasteiger partial charge >= 0.3 is 5.51 Å². The lowest BCUT2D eigenvalue weighted by atomic mass is 10.3. The Kier molecular flexibility index (Phi) is 4.43. The summed E-state index contributed by atoms with van der Waals surface area (Å²) >= 11 is 0.577. The van der Waals surface area contributed by atoms with Crippen LogP contribution in [0, 0.1) is 19.7 Å². The number of nitrogens with zero attached hydrogens (tertiary/aromatic N) is 4. The van der Waals surface area contributed by atoms with E-state index in [0.29, 0.717) is 29.2 Å². The predicted octanol–water partition coefficient (Wildman–Crippen LogP) is 3.32. The number of benzene rings is 1. The number of sulfone groups is 1. The van der Waals surface area contributed by atoms with E-state index in [1.807, 2.05) is 0 Å². The number of aromatic nitrogens is 4. The number of rotatable bonds is 3. The van der Waals surface area contributed by atoms with Gasteiger partial charge in [0.05, 0.1) is 4.90 Å². The van der Waals surface area contributed by atoms with E-state index in [2.05, 4.69) is 15.1 Å². The Balaban J connectivity index is 2.10. The zero-order valence-electron chi connectivity index (χ0n) is 13.2. The third-order valence-electron chi connectivity index (χ3n) is 3.30. The normalized spacial score (nSPS) is 12.7.